The lowest BCUT2D eigenvalue weighted by molar-refractivity contribution is -0.137. The average Bonchev–Trinajstić information content (AvgIpc) is 3.08. The van der Waals surface area contributed by atoms with Crippen molar-refractivity contribution in [3.8, 4) is 33.4 Å². The lowest BCUT2D eigenvalue weighted by Crippen LogP contribution is -2.04. The van der Waals surface area contributed by atoms with Crippen LogP contribution >= 0.6 is 0 Å². The lowest BCUT2D eigenvalue weighted by atomic mass is 9.83. The Kier molecular flexibility index (Phi) is 6.58. The molecule has 8 rings (SSSR count). The van der Waals surface area contributed by atoms with E-state index >= 15 is 0 Å². The molecule has 0 aliphatic carbocycles. The minimum Gasteiger partial charge on any atom is -0.204 e. The number of rotatable bonds is 3. The van der Waals surface area contributed by atoms with Crippen LogP contribution in [0.4, 0.5) is 26.3 Å². The van der Waals surface area contributed by atoms with E-state index in [0.717, 1.165) is 73.1 Å². The standard InChI is InChI=1S/C41H22F6/c42-36-21-26(22-37(43)40(36)44)24-15-18-33-35(19-24)38(23-13-16-27(17-14-23)41(45,46)47)31-11-5-6-12-32(31)39(33)34-20-25-7-1-2-8-28(25)29-9-3-4-10-30(29)34/h1-22H. The van der Waals surface area contributed by atoms with E-state index < -0.39 is 29.2 Å². The molecule has 0 aliphatic rings. The fourth-order valence-electron chi connectivity index (χ4n) is 6.77. The molecule has 8 aromatic carbocycles. The molecule has 6 heteroatoms. The topological polar surface area (TPSA) is 0 Å². The molecule has 0 amide bonds. The second kappa shape index (κ2) is 10.7. The highest BCUT2D eigenvalue weighted by atomic mass is 19.4. The highest BCUT2D eigenvalue weighted by Gasteiger charge is 2.30. The summed E-state index contributed by atoms with van der Waals surface area (Å²) >= 11 is 0. The van der Waals surface area contributed by atoms with Crippen LogP contribution in [0.15, 0.2) is 133 Å². The first-order valence-corrected chi connectivity index (χ1v) is 14.9. The van der Waals surface area contributed by atoms with Gasteiger partial charge in [0, 0.05) is 0 Å². The van der Waals surface area contributed by atoms with Crippen molar-refractivity contribution >= 4 is 43.1 Å². The van der Waals surface area contributed by atoms with Crippen LogP contribution in [0.3, 0.4) is 0 Å². The fourth-order valence-corrected chi connectivity index (χ4v) is 6.77. The fraction of sp³-hybridized carbons (Fsp3) is 0.0244. The van der Waals surface area contributed by atoms with Gasteiger partial charge >= 0.3 is 6.18 Å². The van der Waals surface area contributed by atoms with Crippen molar-refractivity contribution in [1.29, 1.82) is 0 Å². The SMILES string of the molecule is Fc1cc(-c2ccc3c(-c4cc5ccccc5c5ccccc45)c4ccccc4c(-c4ccc(C(F)(F)F)cc4)c3c2)cc(F)c1F. The number of halogens is 6. The Morgan fingerprint density at radius 1 is 0.383 bits per heavy atom. The van der Waals surface area contributed by atoms with Gasteiger partial charge in [0.2, 0.25) is 0 Å². The first-order valence-electron chi connectivity index (χ1n) is 14.9. The van der Waals surface area contributed by atoms with E-state index in [-0.39, 0.29) is 5.56 Å². The second-order valence-corrected chi connectivity index (χ2v) is 11.6. The van der Waals surface area contributed by atoms with Gasteiger partial charge in [-0.15, -0.1) is 0 Å². The highest BCUT2D eigenvalue weighted by molar-refractivity contribution is 6.26. The molecule has 228 valence electrons. The van der Waals surface area contributed by atoms with Crippen molar-refractivity contribution < 1.29 is 26.3 Å². The first kappa shape index (κ1) is 28.8. The van der Waals surface area contributed by atoms with Crippen molar-refractivity contribution in [2.24, 2.45) is 0 Å². The van der Waals surface area contributed by atoms with E-state index in [9.17, 15) is 26.3 Å². The van der Waals surface area contributed by atoms with Crippen molar-refractivity contribution in [1.82, 2.24) is 0 Å². The van der Waals surface area contributed by atoms with Gasteiger partial charge in [-0.25, -0.2) is 13.2 Å². The third kappa shape index (κ3) is 4.71. The molecule has 47 heavy (non-hydrogen) atoms. The van der Waals surface area contributed by atoms with Gasteiger partial charge in [-0.3, -0.25) is 0 Å². The minimum absolute atomic E-state index is 0.132. The van der Waals surface area contributed by atoms with Crippen LogP contribution in [0.25, 0.3) is 76.5 Å². The van der Waals surface area contributed by atoms with Crippen molar-refractivity contribution in [3.63, 3.8) is 0 Å². The summed E-state index contributed by atoms with van der Waals surface area (Å²) in [6.45, 7) is 0. The number of alkyl halides is 3. The smallest absolute Gasteiger partial charge is 0.204 e. The predicted octanol–water partition coefficient (Wildman–Crippen LogP) is 12.7. The molecule has 0 bridgehead atoms. The molecular weight excluding hydrogens is 606 g/mol. The van der Waals surface area contributed by atoms with Gasteiger partial charge in [0.25, 0.3) is 0 Å². The Balaban J connectivity index is 1.52. The summed E-state index contributed by atoms with van der Waals surface area (Å²) in [7, 11) is 0. The van der Waals surface area contributed by atoms with E-state index in [1.165, 1.54) is 12.1 Å². The maximum Gasteiger partial charge on any atom is 0.416 e. The van der Waals surface area contributed by atoms with E-state index in [1.54, 1.807) is 12.1 Å². The van der Waals surface area contributed by atoms with Crippen LogP contribution in [0, 0.1) is 17.5 Å². The zero-order valence-corrected chi connectivity index (χ0v) is 24.5. The summed E-state index contributed by atoms with van der Waals surface area (Å²) in [4.78, 5) is 0. The van der Waals surface area contributed by atoms with Crippen LogP contribution < -0.4 is 0 Å². The van der Waals surface area contributed by atoms with Gasteiger partial charge in [0.1, 0.15) is 0 Å². The molecule has 0 atom stereocenters. The van der Waals surface area contributed by atoms with Crippen molar-refractivity contribution in [2.75, 3.05) is 0 Å². The number of benzene rings is 8. The molecule has 0 unspecified atom stereocenters. The Hall–Kier alpha value is -5.62. The molecule has 0 aliphatic heterocycles. The summed E-state index contributed by atoms with van der Waals surface area (Å²) in [6, 6.07) is 38.4. The second-order valence-electron chi connectivity index (χ2n) is 11.6. The van der Waals surface area contributed by atoms with Gasteiger partial charge in [-0.2, -0.15) is 13.2 Å². The third-order valence-corrected chi connectivity index (χ3v) is 8.88. The van der Waals surface area contributed by atoms with E-state index in [1.807, 2.05) is 54.6 Å². The maximum absolute atomic E-state index is 14.4. The van der Waals surface area contributed by atoms with E-state index in [0.29, 0.717) is 22.1 Å². The Morgan fingerprint density at radius 3 is 1.57 bits per heavy atom. The average molecular weight is 629 g/mol. The van der Waals surface area contributed by atoms with Gasteiger partial charge < -0.3 is 0 Å². The van der Waals surface area contributed by atoms with Crippen molar-refractivity contribution in [2.45, 2.75) is 6.18 Å². The number of hydrogen-bond acceptors (Lipinski definition) is 0. The highest BCUT2D eigenvalue weighted by Crippen LogP contribution is 2.47. The molecule has 0 heterocycles. The summed E-state index contributed by atoms with van der Waals surface area (Å²) in [6.07, 6.45) is -4.51. The predicted molar refractivity (Wildman–Crippen MR) is 178 cm³/mol. The van der Waals surface area contributed by atoms with Gasteiger partial charge in [0.05, 0.1) is 5.56 Å². The van der Waals surface area contributed by atoms with Gasteiger partial charge in [0.15, 0.2) is 17.5 Å². The largest absolute Gasteiger partial charge is 0.416 e. The molecule has 0 nitrogen and oxygen atoms in total. The minimum atomic E-state index is -4.51. The van der Waals surface area contributed by atoms with Crippen LogP contribution in [-0.4, -0.2) is 0 Å². The van der Waals surface area contributed by atoms with Crippen LogP contribution in [0.5, 0.6) is 0 Å². The first-order chi connectivity index (χ1) is 22.7. The molecule has 0 aromatic heterocycles. The molecule has 0 N–H and O–H groups in total. The van der Waals surface area contributed by atoms with E-state index in [2.05, 4.69) is 30.3 Å². The Morgan fingerprint density at radius 2 is 0.915 bits per heavy atom. The zero-order chi connectivity index (χ0) is 32.4. The molecule has 0 saturated carbocycles. The van der Waals surface area contributed by atoms with Crippen LogP contribution in [0.1, 0.15) is 5.56 Å². The summed E-state index contributed by atoms with van der Waals surface area (Å²) in [5, 5.41) is 7.38. The molecule has 0 saturated heterocycles. The lowest BCUT2D eigenvalue weighted by Gasteiger charge is -2.20. The van der Waals surface area contributed by atoms with Crippen LogP contribution in [0.2, 0.25) is 0 Å². The summed E-state index contributed by atoms with van der Waals surface area (Å²) < 4.78 is 83.3. The summed E-state index contributed by atoms with van der Waals surface area (Å²) in [5.41, 5.74) is 2.88. The monoisotopic (exact) mass is 628 g/mol. The van der Waals surface area contributed by atoms with E-state index in [4.69, 9.17) is 0 Å². The molecule has 0 spiro atoms. The third-order valence-electron chi connectivity index (χ3n) is 8.88. The molecule has 0 radical (unpaired) electrons. The maximum atomic E-state index is 14.4. The van der Waals surface area contributed by atoms with Gasteiger partial charge in [-0.05, 0) is 113 Å². The molecular formula is C41H22F6. The number of hydrogen-bond donors (Lipinski definition) is 0. The molecule has 0 fully saturated rings. The van der Waals surface area contributed by atoms with Gasteiger partial charge in [-0.1, -0.05) is 97.1 Å². The van der Waals surface area contributed by atoms with Crippen molar-refractivity contribution in [3.05, 3.63) is 156 Å². The summed E-state index contributed by atoms with van der Waals surface area (Å²) in [5.74, 6) is -4.19. The molecule has 8 aromatic rings. The normalized spacial score (nSPS) is 12.0. The Bertz CT molecular complexity index is 2500. The van der Waals surface area contributed by atoms with Crippen LogP contribution in [-0.2, 0) is 6.18 Å². The quantitative estimate of drug-likeness (QED) is 0.0790. The Labute approximate surface area is 265 Å². The zero-order valence-electron chi connectivity index (χ0n) is 24.5. The number of fused-ring (bicyclic) bond motifs is 5.